The number of nitrogens with zero attached hydrogens (tertiary/aromatic N) is 4. The van der Waals surface area contributed by atoms with Crippen LogP contribution in [-0.2, 0) is 4.79 Å². The van der Waals surface area contributed by atoms with E-state index in [0.717, 1.165) is 23.3 Å². The van der Waals surface area contributed by atoms with Gasteiger partial charge in [-0.2, -0.15) is 0 Å². The minimum absolute atomic E-state index is 0.0398. The summed E-state index contributed by atoms with van der Waals surface area (Å²) in [7, 11) is 3.57. The van der Waals surface area contributed by atoms with Gasteiger partial charge < -0.3 is 15.3 Å². The Labute approximate surface area is 187 Å². The van der Waals surface area contributed by atoms with Crippen molar-refractivity contribution in [2.45, 2.75) is 44.9 Å². The molecule has 2 aromatic rings. The van der Waals surface area contributed by atoms with Crippen LogP contribution in [0.4, 0.5) is 11.8 Å². The molecule has 0 bridgehead atoms. The van der Waals surface area contributed by atoms with Gasteiger partial charge in [-0.05, 0) is 36.5 Å². The number of fused-ring (bicyclic) bond motifs is 1. The number of hydrogen-bond donors (Lipinski definition) is 2. The standard InChI is InChI=1S/C24H29N5O3/c1-14-19(15-6-4-5-7-15)11-17(22(30)29(2)3)10-18-13-26-24(28-21(14)18)27-20-9-8-16(12-25-20)23(31)32/h8-10,12-15,19H,4-7,11H2,1-3H3,(H,31,32)(H,25,26,27,28). The molecule has 2 heterocycles. The van der Waals surface area contributed by atoms with Gasteiger partial charge in [0.1, 0.15) is 5.82 Å². The summed E-state index contributed by atoms with van der Waals surface area (Å²) in [4.78, 5) is 38.9. The molecule has 0 aliphatic heterocycles. The minimum atomic E-state index is -1.02. The topological polar surface area (TPSA) is 108 Å². The number of hydrogen-bond acceptors (Lipinski definition) is 6. The summed E-state index contributed by atoms with van der Waals surface area (Å²) in [6.07, 6.45) is 10.6. The molecule has 32 heavy (non-hydrogen) atoms. The molecule has 2 atom stereocenters. The molecule has 0 aromatic carbocycles. The quantitative estimate of drug-likeness (QED) is 0.728. The summed E-state index contributed by atoms with van der Waals surface area (Å²) in [6.45, 7) is 2.20. The van der Waals surface area contributed by atoms with Crippen LogP contribution >= 0.6 is 0 Å². The lowest BCUT2D eigenvalue weighted by molar-refractivity contribution is -0.124. The predicted molar refractivity (Wildman–Crippen MR) is 122 cm³/mol. The Bertz CT molecular complexity index is 1040. The van der Waals surface area contributed by atoms with Gasteiger partial charge in [-0.1, -0.05) is 32.6 Å². The van der Waals surface area contributed by atoms with Gasteiger partial charge in [0, 0.05) is 43.5 Å². The number of carboxylic acid groups (broad SMARTS) is 1. The molecule has 8 nitrogen and oxygen atoms in total. The Hall–Kier alpha value is -3.29. The molecule has 2 unspecified atom stereocenters. The molecule has 1 fully saturated rings. The lowest BCUT2D eigenvalue weighted by Crippen LogP contribution is -2.26. The number of rotatable bonds is 5. The molecule has 0 saturated heterocycles. The van der Waals surface area contributed by atoms with Crippen molar-refractivity contribution in [3.8, 4) is 0 Å². The molecule has 2 N–H and O–H groups in total. The van der Waals surface area contributed by atoms with Gasteiger partial charge >= 0.3 is 5.97 Å². The van der Waals surface area contributed by atoms with E-state index in [1.807, 2.05) is 6.08 Å². The van der Waals surface area contributed by atoms with Crippen molar-refractivity contribution >= 4 is 29.7 Å². The first-order valence-electron chi connectivity index (χ1n) is 11.1. The minimum Gasteiger partial charge on any atom is -0.478 e. The Morgan fingerprint density at radius 2 is 1.88 bits per heavy atom. The highest BCUT2D eigenvalue weighted by Crippen LogP contribution is 2.45. The number of carboxylic acids is 1. The highest BCUT2D eigenvalue weighted by atomic mass is 16.4. The van der Waals surface area contributed by atoms with E-state index in [-0.39, 0.29) is 17.4 Å². The fourth-order valence-electron chi connectivity index (χ4n) is 4.93. The average molecular weight is 436 g/mol. The molecule has 168 valence electrons. The Morgan fingerprint density at radius 1 is 1.12 bits per heavy atom. The zero-order valence-corrected chi connectivity index (χ0v) is 18.7. The fraction of sp³-hybridized carbons (Fsp3) is 0.458. The molecule has 0 radical (unpaired) electrons. The highest BCUT2D eigenvalue weighted by Gasteiger charge is 2.35. The maximum Gasteiger partial charge on any atom is 0.337 e. The van der Waals surface area contributed by atoms with Crippen LogP contribution in [0.15, 0.2) is 30.1 Å². The maximum atomic E-state index is 12.9. The first-order chi connectivity index (χ1) is 15.3. The molecule has 1 saturated carbocycles. The van der Waals surface area contributed by atoms with Crippen LogP contribution in [0.1, 0.15) is 66.6 Å². The van der Waals surface area contributed by atoms with E-state index in [0.29, 0.717) is 23.6 Å². The molecule has 1 amide bonds. The van der Waals surface area contributed by atoms with Gasteiger partial charge in [0.05, 0.1) is 11.3 Å². The van der Waals surface area contributed by atoms with E-state index < -0.39 is 5.97 Å². The zero-order valence-electron chi connectivity index (χ0n) is 18.7. The lowest BCUT2D eigenvalue weighted by atomic mass is 9.77. The SMILES string of the molecule is CC1c2nc(Nc3ccc(C(=O)O)cn3)ncc2C=C(C(=O)N(C)C)CC1C1CCCC1. The highest BCUT2D eigenvalue weighted by molar-refractivity contribution is 5.98. The third-order valence-corrected chi connectivity index (χ3v) is 6.64. The molecular weight excluding hydrogens is 406 g/mol. The summed E-state index contributed by atoms with van der Waals surface area (Å²) < 4.78 is 0. The summed E-state index contributed by atoms with van der Waals surface area (Å²) in [5.74, 6) is 1.03. The van der Waals surface area contributed by atoms with E-state index in [4.69, 9.17) is 10.1 Å². The summed E-state index contributed by atoms with van der Waals surface area (Å²) in [6, 6.07) is 3.08. The van der Waals surface area contributed by atoms with Gasteiger partial charge in [-0.15, -0.1) is 0 Å². The monoisotopic (exact) mass is 435 g/mol. The fourth-order valence-corrected chi connectivity index (χ4v) is 4.93. The predicted octanol–water partition coefficient (Wildman–Crippen LogP) is 4.10. The zero-order chi connectivity index (χ0) is 22.8. The van der Waals surface area contributed by atoms with Crippen LogP contribution in [0.3, 0.4) is 0 Å². The van der Waals surface area contributed by atoms with E-state index in [2.05, 4.69) is 22.2 Å². The van der Waals surface area contributed by atoms with Crippen molar-refractivity contribution in [3.63, 3.8) is 0 Å². The summed E-state index contributed by atoms with van der Waals surface area (Å²) in [5.41, 5.74) is 2.74. The first-order valence-corrected chi connectivity index (χ1v) is 11.1. The first kappa shape index (κ1) is 21.9. The second kappa shape index (κ2) is 9.06. The van der Waals surface area contributed by atoms with E-state index >= 15 is 0 Å². The van der Waals surface area contributed by atoms with Crippen molar-refractivity contribution in [1.29, 1.82) is 0 Å². The van der Waals surface area contributed by atoms with Crippen LogP contribution in [0.25, 0.3) is 6.08 Å². The molecule has 8 heteroatoms. The number of nitrogens with one attached hydrogen (secondary N) is 1. The van der Waals surface area contributed by atoms with Crippen LogP contribution in [0.5, 0.6) is 0 Å². The molecule has 2 aliphatic rings. The number of aromatic carboxylic acids is 1. The Morgan fingerprint density at radius 3 is 2.50 bits per heavy atom. The van der Waals surface area contributed by atoms with Crippen LogP contribution in [-0.4, -0.2) is 50.9 Å². The summed E-state index contributed by atoms with van der Waals surface area (Å²) in [5, 5.41) is 12.1. The van der Waals surface area contributed by atoms with E-state index in [1.54, 1.807) is 31.3 Å². The molecule has 2 aromatic heterocycles. The third-order valence-electron chi connectivity index (χ3n) is 6.64. The van der Waals surface area contributed by atoms with E-state index in [1.165, 1.54) is 37.9 Å². The Balaban J connectivity index is 1.67. The number of pyridine rings is 1. The molecule has 4 rings (SSSR count). The van der Waals surface area contributed by atoms with Crippen molar-refractivity contribution in [2.24, 2.45) is 11.8 Å². The van der Waals surface area contributed by atoms with Gasteiger partial charge in [-0.3, -0.25) is 4.79 Å². The van der Waals surface area contributed by atoms with Gasteiger partial charge in [-0.25, -0.2) is 19.7 Å². The number of amides is 1. The number of likely N-dealkylation sites (N-methyl/N-ethyl adjacent to an activating group) is 1. The van der Waals surface area contributed by atoms with E-state index in [9.17, 15) is 9.59 Å². The van der Waals surface area contributed by atoms with Crippen molar-refractivity contribution in [2.75, 3.05) is 19.4 Å². The second-order valence-corrected chi connectivity index (χ2v) is 8.97. The normalized spacial score (nSPS) is 20.8. The number of carbonyl (C=O) groups excluding carboxylic acids is 1. The molecule has 0 spiro atoms. The maximum absolute atomic E-state index is 12.9. The van der Waals surface area contributed by atoms with Gasteiger partial charge in [0.25, 0.3) is 0 Å². The molecular formula is C24H29N5O3. The second-order valence-electron chi connectivity index (χ2n) is 8.97. The van der Waals surface area contributed by atoms with Crippen molar-refractivity contribution in [1.82, 2.24) is 19.9 Å². The van der Waals surface area contributed by atoms with Crippen molar-refractivity contribution in [3.05, 3.63) is 46.9 Å². The van der Waals surface area contributed by atoms with Gasteiger partial charge in [0.2, 0.25) is 11.9 Å². The summed E-state index contributed by atoms with van der Waals surface area (Å²) >= 11 is 0. The van der Waals surface area contributed by atoms with Crippen LogP contribution in [0, 0.1) is 11.8 Å². The Kier molecular flexibility index (Phi) is 6.21. The number of aromatic nitrogens is 3. The molecule has 2 aliphatic carbocycles. The van der Waals surface area contributed by atoms with Gasteiger partial charge in [0.15, 0.2) is 0 Å². The smallest absolute Gasteiger partial charge is 0.337 e. The van der Waals surface area contributed by atoms with Crippen molar-refractivity contribution < 1.29 is 14.7 Å². The van der Waals surface area contributed by atoms with Crippen LogP contribution < -0.4 is 5.32 Å². The number of carbonyl (C=O) groups is 2. The lowest BCUT2D eigenvalue weighted by Gasteiger charge is -2.29. The number of anilines is 2. The third kappa shape index (κ3) is 4.49. The largest absolute Gasteiger partial charge is 0.478 e. The van der Waals surface area contributed by atoms with Crippen LogP contribution in [0.2, 0.25) is 0 Å². The average Bonchev–Trinajstić information content (AvgIpc) is 3.26.